The molecule has 0 amide bonds. The molecule has 0 aliphatic heterocycles. The van der Waals surface area contributed by atoms with Crippen molar-refractivity contribution in [2.24, 2.45) is 7.05 Å². The monoisotopic (exact) mass is 313 g/mol. The summed E-state index contributed by atoms with van der Waals surface area (Å²) < 4.78 is 28.0. The first-order valence-corrected chi connectivity index (χ1v) is 7.82. The molecule has 0 aliphatic rings. The highest BCUT2D eigenvalue weighted by atomic mass is 35.5. The van der Waals surface area contributed by atoms with Gasteiger partial charge in [0.05, 0.1) is 11.1 Å². The molecule has 1 aromatic heterocycles. The molecule has 108 valence electrons. The summed E-state index contributed by atoms with van der Waals surface area (Å²) in [6, 6.07) is 4.86. The second-order valence-electron chi connectivity index (χ2n) is 4.69. The van der Waals surface area contributed by atoms with E-state index >= 15 is 0 Å². The van der Waals surface area contributed by atoms with E-state index in [1.807, 2.05) is 0 Å². The van der Waals surface area contributed by atoms with Crippen molar-refractivity contribution in [2.75, 3.05) is 7.05 Å². The minimum Gasteiger partial charge on any atom is -0.275 e. The molecule has 0 spiro atoms. The van der Waals surface area contributed by atoms with Crippen LogP contribution in [0.2, 0.25) is 5.02 Å². The van der Waals surface area contributed by atoms with Crippen LogP contribution in [0, 0.1) is 6.92 Å². The molecule has 0 unspecified atom stereocenters. The van der Waals surface area contributed by atoms with Crippen molar-refractivity contribution in [1.82, 2.24) is 14.1 Å². The largest absolute Gasteiger partial charge is 0.275 e. The zero-order valence-corrected chi connectivity index (χ0v) is 13.1. The van der Waals surface area contributed by atoms with Gasteiger partial charge in [-0.15, -0.1) is 0 Å². The maximum atomic E-state index is 12.6. The smallest absolute Gasteiger partial charge is 0.243 e. The van der Waals surface area contributed by atoms with E-state index < -0.39 is 10.0 Å². The standard InChI is InChI=1S/C13H16ClN3O2S/c1-10-4-5-12(14)6-13(10)20(18,19)17(3)9-11-7-15-16(2)8-11/h4-8H,9H2,1-3H3. The summed E-state index contributed by atoms with van der Waals surface area (Å²) in [7, 11) is -0.234. The van der Waals surface area contributed by atoms with Crippen LogP contribution in [0.1, 0.15) is 11.1 Å². The van der Waals surface area contributed by atoms with Crippen molar-refractivity contribution in [3.8, 4) is 0 Å². The first-order valence-electron chi connectivity index (χ1n) is 6.01. The molecular weight excluding hydrogens is 298 g/mol. The van der Waals surface area contributed by atoms with Gasteiger partial charge in [0.2, 0.25) is 10.0 Å². The Bertz CT molecular complexity index is 725. The maximum absolute atomic E-state index is 12.6. The Labute approximate surface area is 123 Å². The number of halogens is 1. The second-order valence-corrected chi connectivity index (χ2v) is 7.14. The minimum atomic E-state index is -3.57. The lowest BCUT2D eigenvalue weighted by atomic mass is 10.2. The molecule has 0 saturated heterocycles. The fourth-order valence-corrected chi connectivity index (χ4v) is 3.56. The zero-order valence-electron chi connectivity index (χ0n) is 11.5. The third-order valence-corrected chi connectivity index (χ3v) is 5.18. The van der Waals surface area contributed by atoms with Crippen molar-refractivity contribution >= 4 is 21.6 Å². The minimum absolute atomic E-state index is 0.233. The van der Waals surface area contributed by atoms with Gasteiger partial charge >= 0.3 is 0 Å². The highest BCUT2D eigenvalue weighted by Gasteiger charge is 2.23. The summed E-state index contributed by atoms with van der Waals surface area (Å²) >= 11 is 5.89. The molecule has 2 aromatic rings. The summed E-state index contributed by atoms with van der Waals surface area (Å²) in [4.78, 5) is 0.233. The molecule has 0 atom stereocenters. The number of hydrogen-bond donors (Lipinski definition) is 0. The summed E-state index contributed by atoms with van der Waals surface area (Å²) in [5.41, 5.74) is 1.51. The molecule has 0 saturated carbocycles. The molecule has 0 aliphatic carbocycles. The predicted octanol–water partition coefficient (Wildman–Crippen LogP) is 2.20. The summed E-state index contributed by atoms with van der Waals surface area (Å²) in [5.74, 6) is 0. The third kappa shape index (κ3) is 3.03. The number of rotatable bonds is 4. The number of nitrogens with zero attached hydrogens (tertiary/aromatic N) is 3. The van der Waals surface area contributed by atoms with Gasteiger partial charge in [-0.2, -0.15) is 9.40 Å². The van der Waals surface area contributed by atoms with Gasteiger partial charge in [-0.3, -0.25) is 4.68 Å². The highest BCUT2D eigenvalue weighted by Crippen LogP contribution is 2.23. The van der Waals surface area contributed by atoms with E-state index in [9.17, 15) is 8.42 Å². The first-order chi connectivity index (χ1) is 9.30. The van der Waals surface area contributed by atoms with Crippen molar-refractivity contribution in [3.63, 3.8) is 0 Å². The van der Waals surface area contributed by atoms with Gasteiger partial charge in [-0.05, 0) is 24.6 Å². The van der Waals surface area contributed by atoms with Gasteiger partial charge in [0.15, 0.2) is 0 Å². The number of aryl methyl sites for hydroxylation is 2. The van der Waals surface area contributed by atoms with Crippen molar-refractivity contribution in [3.05, 3.63) is 46.7 Å². The van der Waals surface area contributed by atoms with Crippen LogP contribution >= 0.6 is 11.6 Å². The molecule has 1 heterocycles. The lowest BCUT2D eigenvalue weighted by Gasteiger charge is -2.18. The Morgan fingerprint density at radius 1 is 1.40 bits per heavy atom. The lowest BCUT2D eigenvalue weighted by Crippen LogP contribution is -2.27. The van der Waals surface area contributed by atoms with E-state index in [0.29, 0.717) is 10.6 Å². The second kappa shape index (κ2) is 5.55. The van der Waals surface area contributed by atoms with Gasteiger partial charge in [0, 0.05) is 37.4 Å². The van der Waals surface area contributed by atoms with E-state index in [4.69, 9.17) is 11.6 Å². The highest BCUT2D eigenvalue weighted by molar-refractivity contribution is 7.89. The van der Waals surface area contributed by atoms with E-state index in [1.165, 1.54) is 10.4 Å². The first kappa shape index (κ1) is 15.0. The molecule has 0 fully saturated rings. The molecule has 0 bridgehead atoms. The van der Waals surface area contributed by atoms with Crippen LogP contribution in [-0.4, -0.2) is 29.6 Å². The Hall–Kier alpha value is -1.37. The van der Waals surface area contributed by atoms with Gasteiger partial charge in [0.1, 0.15) is 0 Å². The van der Waals surface area contributed by atoms with Gasteiger partial charge in [0.25, 0.3) is 0 Å². The molecular formula is C13H16ClN3O2S. The Balaban J connectivity index is 2.32. The van der Waals surface area contributed by atoms with Crippen molar-refractivity contribution < 1.29 is 8.42 Å². The Kier molecular flexibility index (Phi) is 4.17. The van der Waals surface area contributed by atoms with E-state index in [-0.39, 0.29) is 11.4 Å². The molecule has 1 aromatic carbocycles. The molecule has 5 nitrogen and oxygen atoms in total. The van der Waals surface area contributed by atoms with Gasteiger partial charge < -0.3 is 0 Å². The number of benzene rings is 1. The molecule has 20 heavy (non-hydrogen) atoms. The third-order valence-electron chi connectivity index (χ3n) is 3.00. The molecule has 0 radical (unpaired) electrons. The molecule has 2 rings (SSSR count). The predicted molar refractivity (Wildman–Crippen MR) is 78.0 cm³/mol. The average molecular weight is 314 g/mol. The quantitative estimate of drug-likeness (QED) is 0.869. The van der Waals surface area contributed by atoms with Crippen molar-refractivity contribution in [2.45, 2.75) is 18.4 Å². The average Bonchev–Trinajstić information content (AvgIpc) is 2.77. The van der Waals surface area contributed by atoms with E-state index in [1.54, 1.807) is 50.2 Å². The summed E-state index contributed by atoms with van der Waals surface area (Å²) in [5, 5.41) is 4.44. The van der Waals surface area contributed by atoms with Crippen LogP contribution in [0.25, 0.3) is 0 Å². The fourth-order valence-electron chi connectivity index (χ4n) is 1.92. The lowest BCUT2D eigenvalue weighted by molar-refractivity contribution is 0.466. The van der Waals surface area contributed by atoms with E-state index in [0.717, 1.165) is 5.56 Å². The molecule has 0 N–H and O–H groups in total. The van der Waals surface area contributed by atoms with Crippen LogP contribution in [0.4, 0.5) is 0 Å². The summed E-state index contributed by atoms with van der Waals surface area (Å²) in [6.45, 7) is 2.02. The van der Waals surface area contributed by atoms with Gasteiger partial charge in [-0.1, -0.05) is 17.7 Å². The number of hydrogen-bond acceptors (Lipinski definition) is 3. The van der Waals surface area contributed by atoms with Gasteiger partial charge in [-0.25, -0.2) is 8.42 Å². The summed E-state index contributed by atoms with van der Waals surface area (Å²) in [6.07, 6.45) is 3.44. The van der Waals surface area contributed by atoms with Crippen molar-refractivity contribution in [1.29, 1.82) is 0 Å². The van der Waals surface area contributed by atoms with Crippen LogP contribution in [0.5, 0.6) is 0 Å². The van der Waals surface area contributed by atoms with Crippen LogP contribution < -0.4 is 0 Å². The number of aromatic nitrogens is 2. The Morgan fingerprint density at radius 3 is 2.70 bits per heavy atom. The van der Waals surface area contributed by atoms with Crippen LogP contribution in [-0.2, 0) is 23.6 Å². The zero-order chi connectivity index (χ0) is 14.9. The Morgan fingerprint density at radius 2 is 2.10 bits per heavy atom. The topological polar surface area (TPSA) is 55.2 Å². The normalized spacial score (nSPS) is 12.1. The molecule has 7 heteroatoms. The SMILES string of the molecule is Cc1ccc(Cl)cc1S(=O)(=O)N(C)Cc1cnn(C)c1. The number of sulfonamides is 1. The van der Waals surface area contributed by atoms with E-state index in [2.05, 4.69) is 5.10 Å². The van der Waals surface area contributed by atoms with Crippen LogP contribution in [0.15, 0.2) is 35.5 Å². The van der Waals surface area contributed by atoms with Crippen LogP contribution in [0.3, 0.4) is 0 Å². The maximum Gasteiger partial charge on any atom is 0.243 e. The fraction of sp³-hybridized carbons (Fsp3) is 0.308.